The van der Waals surface area contributed by atoms with Gasteiger partial charge in [-0.1, -0.05) is 32.1 Å². The summed E-state index contributed by atoms with van der Waals surface area (Å²) in [6.45, 7) is 4.09. The molecule has 5 rings (SSSR count). The number of benzene rings is 2. The number of imidazole rings is 1. The molecular weight excluding hydrogens is 435 g/mol. The van der Waals surface area contributed by atoms with Gasteiger partial charge < -0.3 is 14.8 Å². The number of halogens is 1. The number of aliphatic hydroxyl groups is 1. The Labute approximate surface area is 195 Å². The van der Waals surface area contributed by atoms with Crippen molar-refractivity contribution in [3.05, 3.63) is 71.7 Å². The van der Waals surface area contributed by atoms with Gasteiger partial charge in [-0.25, -0.2) is 9.37 Å². The fourth-order valence-corrected chi connectivity index (χ4v) is 4.25. The van der Waals surface area contributed by atoms with Crippen LogP contribution in [0, 0.1) is 5.82 Å². The third kappa shape index (κ3) is 4.24. The zero-order chi connectivity index (χ0) is 23.8. The predicted octanol–water partition coefficient (Wildman–Crippen LogP) is 4.76. The number of aliphatic hydroxyl groups excluding tert-OH is 1. The lowest BCUT2D eigenvalue weighted by atomic mass is 9.98. The first-order valence-corrected chi connectivity index (χ1v) is 11.3. The Balaban J connectivity index is 1.68. The molecule has 7 nitrogen and oxygen atoms in total. The molecule has 3 heterocycles. The van der Waals surface area contributed by atoms with Crippen LogP contribution in [0.2, 0.25) is 0 Å². The summed E-state index contributed by atoms with van der Waals surface area (Å²) < 4.78 is 20.9. The Hall–Kier alpha value is -3.78. The highest BCUT2D eigenvalue weighted by molar-refractivity contribution is 5.79. The average Bonchev–Trinajstić information content (AvgIpc) is 3.39. The van der Waals surface area contributed by atoms with Crippen molar-refractivity contribution < 1.29 is 19.0 Å². The van der Waals surface area contributed by atoms with Crippen LogP contribution in [0.5, 0.6) is 0 Å². The molecule has 1 aliphatic rings. The van der Waals surface area contributed by atoms with Crippen molar-refractivity contribution >= 4 is 23.1 Å². The maximum absolute atomic E-state index is 13.7. The van der Waals surface area contributed by atoms with Crippen molar-refractivity contribution in [1.29, 1.82) is 0 Å². The number of hydrogen-bond acceptors (Lipinski definition) is 5. The Bertz CT molecular complexity index is 1340. The summed E-state index contributed by atoms with van der Waals surface area (Å²) in [7, 11) is 0. The average molecular weight is 461 g/mol. The van der Waals surface area contributed by atoms with Crippen molar-refractivity contribution in [3.63, 3.8) is 0 Å². The Morgan fingerprint density at radius 3 is 2.68 bits per heavy atom. The molecule has 34 heavy (non-hydrogen) atoms. The van der Waals surface area contributed by atoms with Gasteiger partial charge in [-0.05, 0) is 48.4 Å². The molecule has 0 amide bonds. The van der Waals surface area contributed by atoms with E-state index in [1.54, 1.807) is 22.9 Å². The monoisotopic (exact) mass is 460 g/mol. The molecule has 1 aliphatic heterocycles. The van der Waals surface area contributed by atoms with Gasteiger partial charge >= 0.3 is 5.97 Å². The number of fused-ring (bicyclic) bond motifs is 1. The Morgan fingerprint density at radius 1 is 1.21 bits per heavy atom. The Kier molecular flexibility index (Phi) is 5.75. The number of hydrogen-bond donors (Lipinski definition) is 2. The van der Waals surface area contributed by atoms with E-state index in [0.29, 0.717) is 12.4 Å². The molecule has 0 spiro atoms. The molecule has 0 radical (unpaired) electrons. The summed E-state index contributed by atoms with van der Waals surface area (Å²) in [5.74, 6) is -0.136. The fourth-order valence-electron chi connectivity index (χ4n) is 4.25. The van der Waals surface area contributed by atoms with Gasteiger partial charge in [0.25, 0.3) is 0 Å². The fraction of sp³-hybridized carbons (Fsp3) is 0.269. The minimum absolute atomic E-state index is 0.00635. The highest BCUT2D eigenvalue weighted by Crippen LogP contribution is 2.34. The normalized spacial score (nSPS) is 18.8. The minimum Gasteiger partial charge on any atom is -0.458 e. The first-order chi connectivity index (χ1) is 16.4. The van der Waals surface area contributed by atoms with Crippen LogP contribution < -0.4 is 0 Å². The number of nitrogens with one attached hydrogen (secondary N) is 1. The van der Waals surface area contributed by atoms with E-state index in [9.17, 15) is 14.3 Å². The zero-order valence-electron chi connectivity index (χ0n) is 18.9. The molecular formula is C26H25FN4O3. The molecule has 0 unspecified atom stereocenters. The van der Waals surface area contributed by atoms with Crippen LogP contribution in [0.15, 0.2) is 54.6 Å². The molecule has 0 saturated carbocycles. The van der Waals surface area contributed by atoms with Crippen molar-refractivity contribution in [3.8, 4) is 17.2 Å². The van der Waals surface area contributed by atoms with Crippen LogP contribution in [0.3, 0.4) is 0 Å². The topological polar surface area (TPSA) is 93.0 Å². The highest BCUT2D eigenvalue weighted by Gasteiger charge is 2.27. The second-order valence-electron chi connectivity index (χ2n) is 8.78. The van der Waals surface area contributed by atoms with Crippen LogP contribution >= 0.6 is 0 Å². The maximum atomic E-state index is 13.7. The van der Waals surface area contributed by atoms with E-state index in [0.717, 1.165) is 33.5 Å². The van der Waals surface area contributed by atoms with Gasteiger partial charge in [0.05, 0.1) is 34.9 Å². The molecule has 2 N–H and O–H groups in total. The number of rotatable bonds is 5. The number of carbonyl (C=O) groups excluding carboxylic acids is 1. The lowest BCUT2D eigenvalue weighted by molar-refractivity contribution is -0.156. The number of esters is 1. The van der Waals surface area contributed by atoms with Crippen LogP contribution in [0.25, 0.3) is 34.3 Å². The van der Waals surface area contributed by atoms with E-state index >= 15 is 0 Å². The predicted molar refractivity (Wildman–Crippen MR) is 127 cm³/mol. The van der Waals surface area contributed by atoms with E-state index in [-0.39, 0.29) is 18.2 Å². The maximum Gasteiger partial charge on any atom is 0.309 e. The van der Waals surface area contributed by atoms with E-state index in [1.165, 1.54) is 12.1 Å². The molecule has 2 aromatic heterocycles. The van der Waals surface area contributed by atoms with Gasteiger partial charge in [-0.3, -0.25) is 4.79 Å². The molecule has 1 fully saturated rings. The number of aromatic nitrogens is 4. The van der Waals surface area contributed by atoms with Crippen molar-refractivity contribution in [2.45, 2.75) is 44.8 Å². The lowest BCUT2D eigenvalue weighted by Gasteiger charge is -2.23. The summed E-state index contributed by atoms with van der Waals surface area (Å²) in [5.41, 5.74) is 4.83. The summed E-state index contributed by atoms with van der Waals surface area (Å²) in [6, 6.07) is 13.9. The van der Waals surface area contributed by atoms with Gasteiger partial charge in [0.2, 0.25) is 5.95 Å². The van der Waals surface area contributed by atoms with Crippen molar-refractivity contribution in [1.82, 2.24) is 19.7 Å². The number of nitrogens with zero attached hydrogens (tertiary/aromatic N) is 3. The van der Waals surface area contributed by atoms with Gasteiger partial charge in [0.15, 0.2) is 0 Å². The van der Waals surface area contributed by atoms with Gasteiger partial charge in [0, 0.05) is 17.5 Å². The van der Waals surface area contributed by atoms with Crippen LogP contribution in [-0.2, 0) is 9.53 Å². The van der Waals surface area contributed by atoms with Gasteiger partial charge in [-0.2, -0.15) is 9.78 Å². The van der Waals surface area contributed by atoms with E-state index in [2.05, 4.69) is 4.98 Å². The quantitative estimate of drug-likeness (QED) is 0.419. The summed E-state index contributed by atoms with van der Waals surface area (Å²) in [5, 5.41) is 14.9. The second kappa shape index (κ2) is 8.87. The molecule has 4 aromatic rings. The lowest BCUT2D eigenvalue weighted by Crippen LogP contribution is -2.31. The minimum atomic E-state index is -0.727. The first-order valence-electron chi connectivity index (χ1n) is 11.3. The zero-order valence-corrected chi connectivity index (χ0v) is 18.9. The van der Waals surface area contributed by atoms with E-state index in [1.807, 2.05) is 44.2 Å². The largest absolute Gasteiger partial charge is 0.458 e. The number of para-hydroxylation sites is 2. The standard InChI is InChI=1S/C26H25FN4O3/c1-15(2)24-20(12-11-19-13-18(32)14-23(33)34-19)25(16-7-9-17(27)10-8-16)31(30-24)26-28-21-5-3-4-6-22(21)29-26/h3-12,15,18-19,32H,13-14H2,1-2H3,(H,28,29)/b12-11+/t18-,19-/m1/s1. The molecule has 174 valence electrons. The number of cyclic esters (lactones) is 1. The summed E-state index contributed by atoms with van der Waals surface area (Å²) in [4.78, 5) is 19.8. The molecule has 2 atom stereocenters. The third-order valence-corrected chi connectivity index (χ3v) is 5.86. The second-order valence-corrected chi connectivity index (χ2v) is 8.78. The first kappa shape index (κ1) is 22.0. The Morgan fingerprint density at radius 2 is 1.97 bits per heavy atom. The number of aromatic amines is 1. The SMILES string of the molecule is CC(C)c1nn(-c2nc3ccccc3[nH]2)c(-c2ccc(F)cc2)c1/C=C/[C@@H]1C[C@@H](O)CC(=O)O1. The highest BCUT2D eigenvalue weighted by atomic mass is 19.1. The summed E-state index contributed by atoms with van der Waals surface area (Å²) >= 11 is 0. The number of H-pyrrole nitrogens is 1. The van der Waals surface area contributed by atoms with Crippen LogP contribution in [0.1, 0.15) is 43.9 Å². The van der Waals surface area contributed by atoms with E-state index in [4.69, 9.17) is 14.8 Å². The molecule has 1 saturated heterocycles. The molecule has 0 aliphatic carbocycles. The van der Waals surface area contributed by atoms with Crippen LogP contribution in [-0.4, -0.2) is 43.0 Å². The number of ether oxygens (including phenoxy) is 1. The summed E-state index contributed by atoms with van der Waals surface area (Å²) in [6.07, 6.45) is 2.73. The van der Waals surface area contributed by atoms with Crippen molar-refractivity contribution in [2.24, 2.45) is 0 Å². The third-order valence-electron chi connectivity index (χ3n) is 5.86. The molecule has 0 bridgehead atoms. The number of carbonyl (C=O) groups is 1. The van der Waals surface area contributed by atoms with Crippen molar-refractivity contribution in [2.75, 3.05) is 0 Å². The molecule has 2 aromatic carbocycles. The van der Waals surface area contributed by atoms with Gasteiger partial charge in [0.1, 0.15) is 11.9 Å². The molecule has 8 heteroatoms. The van der Waals surface area contributed by atoms with Gasteiger partial charge in [-0.15, -0.1) is 0 Å². The van der Waals surface area contributed by atoms with E-state index < -0.39 is 18.2 Å². The van der Waals surface area contributed by atoms with Crippen LogP contribution in [0.4, 0.5) is 4.39 Å². The smallest absolute Gasteiger partial charge is 0.309 e.